The van der Waals surface area contributed by atoms with Crippen LogP contribution in [-0.4, -0.2) is 41.8 Å². The van der Waals surface area contributed by atoms with Crippen LogP contribution in [0, 0.1) is 0 Å². The highest BCUT2D eigenvalue weighted by atomic mass is 19.4. The van der Waals surface area contributed by atoms with Crippen LogP contribution in [0.25, 0.3) is 0 Å². The van der Waals surface area contributed by atoms with E-state index in [1.807, 2.05) is 5.43 Å². The zero-order valence-electron chi connectivity index (χ0n) is 9.91. The predicted molar refractivity (Wildman–Crippen MR) is 58.8 cm³/mol. The number of carbonyl (C=O) groups is 1. The van der Waals surface area contributed by atoms with Gasteiger partial charge in [0, 0.05) is 6.54 Å². The molecule has 1 aromatic heterocycles. The Morgan fingerprint density at radius 2 is 2.21 bits per heavy atom. The number of nitrogens with two attached hydrogens (primary N) is 1. The van der Waals surface area contributed by atoms with Gasteiger partial charge in [-0.15, -0.1) is 0 Å². The van der Waals surface area contributed by atoms with Gasteiger partial charge in [0.2, 0.25) is 0 Å². The van der Waals surface area contributed by atoms with Crippen molar-refractivity contribution < 1.29 is 27.5 Å². The summed E-state index contributed by atoms with van der Waals surface area (Å²) in [4.78, 5) is 12.3. The summed E-state index contributed by atoms with van der Waals surface area (Å²) >= 11 is 0. The lowest BCUT2D eigenvalue weighted by Crippen LogP contribution is -2.36. The van der Waals surface area contributed by atoms with E-state index in [0.29, 0.717) is 0 Å². The molecule has 19 heavy (non-hydrogen) atoms. The number of furan rings is 1. The molecule has 0 radical (unpaired) electrons. The minimum absolute atomic E-state index is 0.0562. The summed E-state index contributed by atoms with van der Waals surface area (Å²) in [5.74, 6) is 4.35. The first-order valence-corrected chi connectivity index (χ1v) is 5.34. The Hall–Kier alpha value is -1.58. The number of hydrogen-bond acceptors (Lipinski definition) is 5. The Kier molecular flexibility index (Phi) is 5.33. The molecule has 0 aliphatic rings. The molecule has 0 aromatic carbocycles. The number of aliphatic hydroxyl groups is 1. The maximum absolute atomic E-state index is 12.3. The van der Waals surface area contributed by atoms with Crippen LogP contribution in [0.15, 0.2) is 16.7 Å². The van der Waals surface area contributed by atoms with Crippen LogP contribution in [0.4, 0.5) is 13.2 Å². The fourth-order valence-corrected chi connectivity index (χ4v) is 1.56. The molecule has 0 fully saturated rings. The summed E-state index contributed by atoms with van der Waals surface area (Å²) < 4.78 is 42.0. The fourth-order valence-electron chi connectivity index (χ4n) is 1.56. The molecule has 0 saturated heterocycles. The van der Waals surface area contributed by atoms with Crippen LogP contribution in [0.3, 0.4) is 0 Å². The third-order valence-electron chi connectivity index (χ3n) is 2.31. The standard InChI is InChI=1S/C10H14F3N3O3/c11-10(12,13)6-16(2-3-17)5-8-7(1-4-19-8)9(18)15-14/h1,4,17H,2-3,5-6,14H2,(H,15,18). The van der Waals surface area contributed by atoms with Crippen LogP contribution >= 0.6 is 0 Å². The highest BCUT2D eigenvalue weighted by molar-refractivity contribution is 5.94. The van der Waals surface area contributed by atoms with E-state index in [-0.39, 0.29) is 24.4 Å². The number of hydrazine groups is 1. The molecule has 4 N–H and O–H groups in total. The molecular weight excluding hydrogens is 267 g/mol. The molecular formula is C10H14F3N3O3. The van der Waals surface area contributed by atoms with Crippen LogP contribution in [-0.2, 0) is 6.54 Å². The Morgan fingerprint density at radius 3 is 2.74 bits per heavy atom. The van der Waals surface area contributed by atoms with Gasteiger partial charge in [0.25, 0.3) is 5.91 Å². The van der Waals surface area contributed by atoms with E-state index in [9.17, 15) is 18.0 Å². The Balaban J connectivity index is 2.79. The minimum atomic E-state index is -4.40. The molecule has 6 nitrogen and oxygen atoms in total. The average Bonchev–Trinajstić information content (AvgIpc) is 2.74. The monoisotopic (exact) mass is 281 g/mol. The Morgan fingerprint density at radius 1 is 1.53 bits per heavy atom. The molecule has 0 aliphatic carbocycles. The maximum Gasteiger partial charge on any atom is 0.401 e. The summed E-state index contributed by atoms with van der Waals surface area (Å²) in [6.07, 6.45) is -3.22. The number of nitrogen functional groups attached to an aromatic ring is 1. The first-order chi connectivity index (χ1) is 8.87. The van der Waals surface area contributed by atoms with Crippen molar-refractivity contribution in [3.63, 3.8) is 0 Å². The molecule has 9 heteroatoms. The molecule has 1 amide bonds. The van der Waals surface area contributed by atoms with E-state index in [1.54, 1.807) is 0 Å². The van der Waals surface area contributed by atoms with Gasteiger partial charge in [-0.25, -0.2) is 5.84 Å². The van der Waals surface area contributed by atoms with Crippen LogP contribution in [0.5, 0.6) is 0 Å². The fraction of sp³-hybridized carbons (Fsp3) is 0.500. The zero-order valence-corrected chi connectivity index (χ0v) is 9.91. The summed E-state index contributed by atoms with van der Waals surface area (Å²) in [7, 11) is 0. The Labute approximate surface area is 106 Å². The van der Waals surface area contributed by atoms with Crippen molar-refractivity contribution in [3.8, 4) is 0 Å². The second kappa shape index (κ2) is 6.55. The highest BCUT2D eigenvalue weighted by Crippen LogP contribution is 2.19. The third-order valence-corrected chi connectivity index (χ3v) is 2.31. The molecule has 0 saturated carbocycles. The number of aliphatic hydroxyl groups excluding tert-OH is 1. The van der Waals surface area contributed by atoms with Gasteiger partial charge in [-0.2, -0.15) is 13.2 Å². The van der Waals surface area contributed by atoms with Gasteiger partial charge < -0.3 is 9.52 Å². The SMILES string of the molecule is NNC(=O)c1ccoc1CN(CCO)CC(F)(F)F. The van der Waals surface area contributed by atoms with Crippen molar-refractivity contribution in [2.45, 2.75) is 12.7 Å². The number of nitrogens with one attached hydrogen (secondary N) is 1. The van der Waals surface area contributed by atoms with Crippen molar-refractivity contribution in [1.29, 1.82) is 0 Å². The highest BCUT2D eigenvalue weighted by Gasteiger charge is 2.31. The zero-order chi connectivity index (χ0) is 14.5. The molecule has 0 spiro atoms. The minimum Gasteiger partial charge on any atom is -0.467 e. The molecule has 108 valence electrons. The van der Waals surface area contributed by atoms with E-state index in [1.165, 1.54) is 12.3 Å². The van der Waals surface area contributed by atoms with E-state index >= 15 is 0 Å². The number of amides is 1. The normalized spacial score (nSPS) is 11.9. The first-order valence-electron chi connectivity index (χ1n) is 5.34. The van der Waals surface area contributed by atoms with Gasteiger partial charge in [0.1, 0.15) is 5.76 Å². The van der Waals surface area contributed by atoms with E-state index in [2.05, 4.69) is 0 Å². The van der Waals surface area contributed by atoms with Crippen molar-refractivity contribution >= 4 is 5.91 Å². The van der Waals surface area contributed by atoms with Gasteiger partial charge in [-0.1, -0.05) is 0 Å². The van der Waals surface area contributed by atoms with Gasteiger partial charge >= 0.3 is 6.18 Å². The van der Waals surface area contributed by atoms with Gasteiger partial charge in [-0.05, 0) is 6.07 Å². The van der Waals surface area contributed by atoms with E-state index in [4.69, 9.17) is 15.4 Å². The number of carbonyl (C=O) groups excluding carboxylic acids is 1. The third kappa shape index (κ3) is 4.89. The molecule has 0 atom stereocenters. The lowest BCUT2D eigenvalue weighted by molar-refractivity contribution is -0.148. The topological polar surface area (TPSA) is 91.7 Å². The summed E-state index contributed by atoms with van der Waals surface area (Å²) in [5.41, 5.74) is 1.93. The molecule has 0 aliphatic heterocycles. The van der Waals surface area contributed by atoms with Crippen molar-refractivity contribution in [1.82, 2.24) is 10.3 Å². The lowest BCUT2D eigenvalue weighted by Gasteiger charge is -2.21. The average molecular weight is 281 g/mol. The van der Waals surface area contributed by atoms with E-state index < -0.39 is 25.2 Å². The number of alkyl halides is 3. The number of rotatable bonds is 6. The molecule has 1 aromatic rings. The van der Waals surface area contributed by atoms with E-state index in [0.717, 1.165) is 4.90 Å². The predicted octanol–water partition coefficient (Wildman–Crippen LogP) is 0.240. The van der Waals surface area contributed by atoms with Crippen molar-refractivity contribution in [2.75, 3.05) is 19.7 Å². The van der Waals surface area contributed by atoms with Gasteiger partial charge in [0.05, 0.1) is 31.5 Å². The van der Waals surface area contributed by atoms with Crippen molar-refractivity contribution in [3.05, 3.63) is 23.7 Å². The number of nitrogens with zero attached hydrogens (tertiary/aromatic N) is 1. The molecule has 0 bridgehead atoms. The van der Waals surface area contributed by atoms with Gasteiger partial charge in [-0.3, -0.25) is 15.1 Å². The Bertz CT molecular complexity index is 420. The van der Waals surface area contributed by atoms with Crippen LogP contribution in [0.2, 0.25) is 0 Å². The maximum atomic E-state index is 12.3. The first kappa shape index (κ1) is 15.5. The number of halogens is 3. The molecule has 1 rings (SSSR count). The van der Waals surface area contributed by atoms with Gasteiger partial charge in [0.15, 0.2) is 0 Å². The second-order valence-corrected chi connectivity index (χ2v) is 3.78. The van der Waals surface area contributed by atoms with Crippen LogP contribution < -0.4 is 11.3 Å². The quantitative estimate of drug-likeness (QED) is 0.395. The summed E-state index contributed by atoms with van der Waals surface area (Å²) in [6.45, 7) is -2.09. The largest absolute Gasteiger partial charge is 0.467 e. The second-order valence-electron chi connectivity index (χ2n) is 3.78. The van der Waals surface area contributed by atoms with Crippen molar-refractivity contribution in [2.24, 2.45) is 5.84 Å². The summed E-state index contributed by atoms with van der Waals surface area (Å²) in [5, 5.41) is 8.75. The smallest absolute Gasteiger partial charge is 0.401 e. The molecule has 0 unspecified atom stereocenters. The van der Waals surface area contributed by atoms with Crippen LogP contribution in [0.1, 0.15) is 16.1 Å². The molecule has 1 heterocycles. The number of hydrogen-bond donors (Lipinski definition) is 3. The lowest BCUT2D eigenvalue weighted by atomic mass is 10.2. The summed E-state index contributed by atoms with van der Waals surface area (Å²) in [6, 6.07) is 1.31.